The Kier molecular flexibility index (Phi) is 7.25. The number of benzene rings is 1. The van der Waals surface area contributed by atoms with Crippen molar-refractivity contribution < 1.29 is 0 Å². The molecule has 0 aromatic heterocycles. The average Bonchev–Trinajstić information content (AvgIpc) is 2.49. The monoisotopic (exact) mass is 276 g/mol. The third-order valence-corrected chi connectivity index (χ3v) is 4.70. The molecule has 0 saturated carbocycles. The molecule has 0 saturated heterocycles. The lowest BCUT2D eigenvalue weighted by Gasteiger charge is -2.37. The van der Waals surface area contributed by atoms with E-state index in [-0.39, 0.29) is 0 Å². The molecule has 0 aliphatic carbocycles. The molecule has 2 nitrogen and oxygen atoms in total. The Morgan fingerprint density at radius 2 is 1.60 bits per heavy atom. The molecule has 20 heavy (non-hydrogen) atoms. The third kappa shape index (κ3) is 4.07. The second-order valence-corrected chi connectivity index (χ2v) is 5.74. The van der Waals surface area contributed by atoms with Gasteiger partial charge in [-0.05, 0) is 51.4 Å². The molecule has 0 radical (unpaired) electrons. The van der Waals surface area contributed by atoms with Crippen molar-refractivity contribution in [2.24, 2.45) is 0 Å². The smallest absolute Gasteiger partial charge is 0.0473 e. The zero-order chi connectivity index (χ0) is 15.1. The van der Waals surface area contributed by atoms with Gasteiger partial charge in [0.25, 0.3) is 0 Å². The summed E-state index contributed by atoms with van der Waals surface area (Å²) in [6.07, 6.45) is 3.53. The molecule has 0 spiro atoms. The summed E-state index contributed by atoms with van der Waals surface area (Å²) in [7, 11) is 4.32. The first kappa shape index (κ1) is 17.2. The summed E-state index contributed by atoms with van der Waals surface area (Å²) in [5.74, 6) is 0. The quantitative estimate of drug-likeness (QED) is 0.771. The Balaban J connectivity index is 2.87. The van der Waals surface area contributed by atoms with Crippen LogP contribution in [-0.2, 0) is 6.42 Å². The molecule has 0 amide bonds. The van der Waals surface area contributed by atoms with Crippen molar-refractivity contribution in [2.75, 3.05) is 14.1 Å². The van der Waals surface area contributed by atoms with Crippen molar-refractivity contribution in [1.29, 1.82) is 0 Å². The summed E-state index contributed by atoms with van der Waals surface area (Å²) in [4.78, 5) is 2.52. The van der Waals surface area contributed by atoms with Gasteiger partial charge in [-0.2, -0.15) is 0 Å². The first-order valence-electron chi connectivity index (χ1n) is 8.06. The number of aryl methyl sites for hydroxylation is 1. The van der Waals surface area contributed by atoms with Crippen LogP contribution < -0.4 is 5.32 Å². The molecular weight excluding hydrogens is 244 g/mol. The van der Waals surface area contributed by atoms with Crippen LogP contribution in [0.4, 0.5) is 0 Å². The van der Waals surface area contributed by atoms with Gasteiger partial charge >= 0.3 is 0 Å². The van der Waals surface area contributed by atoms with E-state index in [1.807, 2.05) is 0 Å². The van der Waals surface area contributed by atoms with Crippen LogP contribution in [0.25, 0.3) is 0 Å². The third-order valence-electron chi connectivity index (χ3n) is 4.70. The lowest BCUT2D eigenvalue weighted by molar-refractivity contribution is 0.144. The highest BCUT2D eigenvalue weighted by atomic mass is 15.2. The van der Waals surface area contributed by atoms with Gasteiger partial charge in [0.15, 0.2) is 0 Å². The van der Waals surface area contributed by atoms with Crippen LogP contribution in [0, 0.1) is 0 Å². The Labute approximate surface area is 125 Å². The molecule has 1 rings (SSSR count). The Morgan fingerprint density at radius 3 is 2.00 bits per heavy atom. The van der Waals surface area contributed by atoms with Crippen LogP contribution >= 0.6 is 0 Å². The number of rotatable bonds is 8. The molecule has 1 aromatic rings. The molecule has 2 unspecified atom stereocenters. The van der Waals surface area contributed by atoms with Crippen molar-refractivity contribution in [2.45, 2.75) is 65.1 Å². The maximum Gasteiger partial charge on any atom is 0.0473 e. The minimum Gasteiger partial charge on any atom is -0.312 e. The van der Waals surface area contributed by atoms with Gasteiger partial charge in [0, 0.05) is 18.1 Å². The second kappa shape index (κ2) is 8.43. The zero-order valence-corrected chi connectivity index (χ0v) is 14.1. The topological polar surface area (TPSA) is 15.3 Å². The van der Waals surface area contributed by atoms with Gasteiger partial charge in [-0.25, -0.2) is 0 Å². The Hall–Kier alpha value is -0.860. The fraction of sp³-hybridized carbons (Fsp3) is 0.667. The average molecular weight is 276 g/mol. The van der Waals surface area contributed by atoms with E-state index in [4.69, 9.17) is 0 Å². The molecule has 2 heteroatoms. The molecular formula is C18H32N2. The maximum atomic E-state index is 3.50. The standard InChI is InChI=1S/C18H32N2/c1-7-15-10-12-16(13-11-15)18(19-5)14(4)20(6)17(8-2)9-3/h10-14,17-19H,7-9H2,1-6H3. The largest absolute Gasteiger partial charge is 0.312 e. The van der Waals surface area contributed by atoms with Crippen LogP contribution in [0.15, 0.2) is 24.3 Å². The highest BCUT2D eigenvalue weighted by Gasteiger charge is 2.24. The van der Waals surface area contributed by atoms with E-state index in [0.29, 0.717) is 18.1 Å². The van der Waals surface area contributed by atoms with Gasteiger partial charge in [-0.15, -0.1) is 0 Å². The van der Waals surface area contributed by atoms with Gasteiger partial charge in [0.05, 0.1) is 0 Å². The van der Waals surface area contributed by atoms with E-state index in [9.17, 15) is 0 Å². The minimum absolute atomic E-state index is 0.381. The summed E-state index contributed by atoms with van der Waals surface area (Å²) in [5, 5.41) is 3.50. The van der Waals surface area contributed by atoms with E-state index < -0.39 is 0 Å². The molecule has 0 bridgehead atoms. The van der Waals surface area contributed by atoms with Crippen molar-refractivity contribution in [3.63, 3.8) is 0 Å². The van der Waals surface area contributed by atoms with Gasteiger partial charge in [0.2, 0.25) is 0 Å². The fourth-order valence-electron chi connectivity index (χ4n) is 3.08. The van der Waals surface area contributed by atoms with Gasteiger partial charge in [-0.3, -0.25) is 4.90 Å². The summed E-state index contributed by atoms with van der Waals surface area (Å²) in [5.41, 5.74) is 2.79. The fourth-order valence-corrected chi connectivity index (χ4v) is 3.08. The molecule has 0 aliphatic rings. The van der Waals surface area contributed by atoms with Crippen molar-refractivity contribution in [3.8, 4) is 0 Å². The van der Waals surface area contributed by atoms with Gasteiger partial charge < -0.3 is 5.32 Å². The highest BCUT2D eigenvalue weighted by molar-refractivity contribution is 5.26. The van der Waals surface area contributed by atoms with Crippen molar-refractivity contribution in [3.05, 3.63) is 35.4 Å². The molecule has 2 atom stereocenters. The van der Waals surface area contributed by atoms with Crippen molar-refractivity contribution in [1.82, 2.24) is 10.2 Å². The van der Waals surface area contributed by atoms with Crippen LogP contribution in [0.2, 0.25) is 0 Å². The lowest BCUT2D eigenvalue weighted by atomic mass is 9.96. The Bertz CT molecular complexity index is 368. The lowest BCUT2D eigenvalue weighted by Crippen LogP contribution is -2.44. The number of hydrogen-bond donors (Lipinski definition) is 1. The SMILES string of the molecule is CCc1ccc(C(NC)C(C)N(C)C(CC)CC)cc1. The number of likely N-dealkylation sites (N-methyl/N-ethyl adjacent to an activating group) is 2. The van der Waals surface area contributed by atoms with E-state index in [0.717, 1.165) is 6.42 Å². The van der Waals surface area contributed by atoms with Crippen LogP contribution in [0.1, 0.15) is 57.7 Å². The maximum absolute atomic E-state index is 3.50. The van der Waals surface area contributed by atoms with E-state index in [2.05, 4.69) is 76.3 Å². The van der Waals surface area contributed by atoms with Crippen LogP contribution in [0.5, 0.6) is 0 Å². The van der Waals surface area contributed by atoms with Gasteiger partial charge in [0.1, 0.15) is 0 Å². The summed E-state index contributed by atoms with van der Waals surface area (Å²) < 4.78 is 0. The first-order valence-corrected chi connectivity index (χ1v) is 8.06. The van der Waals surface area contributed by atoms with Gasteiger partial charge in [-0.1, -0.05) is 45.0 Å². The molecule has 0 fully saturated rings. The predicted molar refractivity (Wildman–Crippen MR) is 89.2 cm³/mol. The number of nitrogens with one attached hydrogen (secondary N) is 1. The van der Waals surface area contributed by atoms with E-state index in [1.165, 1.54) is 24.0 Å². The summed E-state index contributed by atoms with van der Waals surface area (Å²) >= 11 is 0. The molecule has 1 N–H and O–H groups in total. The van der Waals surface area contributed by atoms with Crippen molar-refractivity contribution >= 4 is 0 Å². The van der Waals surface area contributed by atoms with E-state index in [1.54, 1.807) is 0 Å². The van der Waals surface area contributed by atoms with Crippen LogP contribution in [-0.4, -0.2) is 31.1 Å². The molecule has 0 heterocycles. The highest BCUT2D eigenvalue weighted by Crippen LogP contribution is 2.23. The summed E-state index contributed by atoms with van der Waals surface area (Å²) in [6.45, 7) is 9.09. The summed E-state index contributed by atoms with van der Waals surface area (Å²) in [6, 6.07) is 10.6. The van der Waals surface area contributed by atoms with Crippen LogP contribution in [0.3, 0.4) is 0 Å². The molecule has 0 aliphatic heterocycles. The number of hydrogen-bond acceptors (Lipinski definition) is 2. The zero-order valence-electron chi connectivity index (χ0n) is 14.1. The van der Waals surface area contributed by atoms with E-state index >= 15 is 0 Å². The normalized spacial score (nSPS) is 14.8. The second-order valence-electron chi connectivity index (χ2n) is 5.74. The minimum atomic E-state index is 0.381. The Morgan fingerprint density at radius 1 is 1.05 bits per heavy atom. The molecule has 114 valence electrons. The molecule has 1 aromatic carbocycles. The predicted octanol–water partition coefficient (Wildman–Crippen LogP) is 4.02. The number of nitrogens with zero attached hydrogens (tertiary/aromatic N) is 1. The first-order chi connectivity index (χ1) is 9.58.